The van der Waals surface area contributed by atoms with Gasteiger partial charge in [-0.1, -0.05) is 6.92 Å². The molecule has 0 saturated heterocycles. The van der Waals surface area contributed by atoms with Crippen LogP contribution in [-0.4, -0.2) is 20.9 Å². The Balaban J connectivity index is 1.89. The molecule has 0 fully saturated rings. The second kappa shape index (κ2) is 6.42. The van der Waals surface area contributed by atoms with Crippen LogP contribution in [0.1, 0.15) is 39.2 Å². The Hall–Kier alpha value is -2.34. The number of aryl methyl sites for hydroxylation is 3. The van der Waals surface area contributed by atoms with E-state index in [1.54, 1.807) is 12.4 Å². The third kappa shape index (κ3) is 3.07. The minimum absolute atomic E-state index is 0.0697. The molecule has 3 aromatic rings. The van der Waals surface area contributed by atoms with E-state index in [1.807, 2.05) is 32.9 Å². The number of amides is 1. The number of pyridine rings is 1. The molecule has 3 rings (SSSR count). The zero-order chi connectivity index (χ0) is 16.4. The highest BCUT2D eigenvalue weighted by molar-refractivity contribution is 7.20. The zero-order valence-corrected chi connectivity index (χ0v) is 14.2. The van der Waals surface area contributed by atoms with Crippen LogP contribution in [-0.2, 0) is 13.0 Å². The van der Waals surface area contributed by atoms with E-state index in [-0.39, 0.29) is 5.91 Å². The Morgan fingerprint density at radius 2 is 1.96 bits per heavy atom. The number of nitrogens with one attached hydrogen (secondary N) is 1. The molecule has 0 radical (unpaired) electrons. The Morgan fingerprint density at radius 3 is 2.65 bits per heavy atom. The molecule has 3 heterocycles. The van der Waals surface area contributed by atoms with Gasteiger partial charge in [-0.25, -0.2) is 9.97 Å². The van der Waals surface area contributed by atoms with Crippen molar-refractivity contribution in [2.75, 3.05) is 0 Å². The highest BCUT2D eigenvalue weighted by Gasteiger charge is 2.18. The van der Waals surface area contributed by atoms with Gasteiger partial charge in [-0.3, -0.25) is 9.78 Å². The summed E-state index contributed by atoms with van der Waals surface area (Å²) in [5.74, 6) is 0.750. The number of aromatic nitrogens is 3. The Morgan fingerprint density at radius 1 is 1.22 bits per heavy atom. The molecule has 0 aliphatic rings. The first-order chi connectivity index (χ1) is 11.1. The first-order valence-electron chi connectivity index (χ1n) is 7.53. The van der Waals surface area contributed by atoms with Crippen LogP contribution < -0.4 is 5.32 Å². The maximum absolute atomic E-state index is 12.5. The lowest BCUT2D eigenvalue weighted by molar-refractivity contribution is 0.0954. The first kappa shape index (κ1) is 15.6. The average molecular weight is 326 g/mol. The van der Waals surface area contributed by atoms with Gasteiger partial charge >= 0.3 is 0 Å². The minimum Gasteiger partial charge on any atom is -0.347 e. The summed E-state index contributed by atoms with van der Waals surface area (Å²) in [5, 5.41) is 3.96. The summed E-state index contributed by atoms with van der Waals surface area (Å²) in [4.78, 5) is 27.1. The monoisotopic (exact) mass is 326 g/mol. The van der Waals surface area contributed by atoms with E-state index in [1.165, 1.54) is 11.3 Å². The van der Waals surface area contributed by atoms with Crippen molar-refractivity contribution in [2.45, 2.75) is 33.7 Å². The molecule has 5 nitrogen and oxygen atoms in total. The van der Waals surface area contributed by atoms with Crippen molar-refractivity contribution in [2.24, 2.45) is 0 Å². The van der Waals surface area contributed by atoms with Crippen LogP contribution in [0.4, 0.5) is 0 Å². The van der Waals surface area contributed by atoms with E-state index < -0.39 is 0 Å². The number of fused-ring (bicyclic) bond motifs is 1. The Kier molecular flexibility index (Phi) is 4.34. The highest BCUT2D eigenvalue weighted by Crippen LogP contribution is 2.31. The fraction of sp³-hybridized carbons (Fsp3) is 0.294. The topological polar surface area (TPSA) is 67.8 Å². The van der Waals surface area contributed by atoms with Crippen LogP contribution in [0.5, 0.6) is 0 Å². The molecule has 0 saturated carbocycles. The Bertz CT molecular complexity index is 858. The number of nitrogens with zero attached hydrogens (tertiary/aromatic N) is 3. The van der Waals surface area contributed by atoms with Crippen molar-refractivity contribution >= 4 is 27.5 Å². The first-order valence-corrected chi connectivity index (χ1v) is 8.35. The molecule has 0 aliphatic heterocycles. The fourth-order valence-corrected chi connectivity index (χ4v) is 3.70. The van der Waals surface area contributed by atoms with Crippen molar-refractivity contribution in [3.05, 3.63) is 52.0 Å². The predicted octanol–water partition coefficient (Wildman–Crippen LogP) is 3.20. The molecule has 1 amide bonds. The van der Waals surface area contributed by atoms with E-state index in [4.69, 9.17) is 0 Å². The maximum atomic E-state index is 12.5. The van der Waals surface area contributed by atoms with Crippen LogP contribution >= 0.6 is 11.3 Å². The highest BCUT2D eigenvalue weighted by atomic mass is 32.1. The Labute approximate surface area is 138 Å². The molecule has 6 heteroatoms. The third-order valence-electron chi connectivity index (χ3n) is 3.74. The molecule has 1 N–H and O–H groups in total. The van der Waals surface area contributed by atoms with Gasteiger partial charge in [0.2, 0.25) is 0 Å². The molecule has 0 unspecified atom stereocenters. The molecule has 0 bridgehead atoms. The van der Waals surface area contributed by atoms with E-state index in [2.05, 4.69) is 20.3 Å². The maximum Gasteiger partial charge on any atom is 0.261 e. The number of rotatable bonds is 4. The molecule has 3 aromatic heterocycles. The molecule has 0 atom stereocenters. The second-order valence-electron chi connectivity index (χ2n) is 5.35. The summed E-state index contributed by atoms with van der Waals surface area (Å²) < 4.78 is 0. The molecule has 23 heavy (non-hydrogen) atoms. The lowest BCUT2D eigenvalue weighted by atomic mass is 10.1. The van der Waals surface area contributed by atoms with Crippen molar-refractivity contribution in [3.63, 3.8) is 0 Å². The smallest absolute Gasteiger partial charge is 0.261 e. The molecule has 0 aliphatic carbocycles. The number of thiophene rings is 1. The van der Waals surface area contributed by atoms with Crippen LogP contribution in [0.2, 0.25) is 0 Å². The average Bonchev–Trinajstić information content (AvgIpc) is 2.90. The summed E-state index contributed by atoms with van der Waals surface area (Å²) in [5.41, 5.74) is 2.92. The number of carbonyl (C=O) groups is 1. The van der Waals surface area contributed by atoms with Crippen molar-refractivity contribution in [1.29, 1.82) is 0 Å². The molecule has 0 aromatic carbocycles. The van der Waals surface area contributed by atoms with Crippen molar-refractivity contribution in [1.82, 2.24) is 20.3 Å². The summed E-state index contributed by atoms with van der Waals surface area (Å²) in [6.45, 7) is 6.45. The van der Waals surface area contributed by atoms with Gasteiger partial charge in [-0.15, -0.1) is 11.3 Å². The number of carbonyl (C=O) groups excluding carboxylic acids is 1. The third-order valence-corrected chi connectivity index (χ3v) is 4.93. The van der Waals surface area contributed by atoms with Gasteiger partial charge in [0.25, 0.3) is 5.91 Å². The molecular weight excluding hydrogens is 308 g/mol. The second-order valence-corrected chi connectivity index (χ2v) is 6.35. The fourth-order valence-electron chi connectivity index (χ4n) is 2.53. The van der Waals surface area contributed by atoms with E-state index in [0.717, 1.165) is 39.3 Å². The lowest BCUT2D eigenvalue weighted by Gasteiger charge is -2.04. The number of hydrogen-bond donors (Lipinski definition) is 1. The summed E-state index contributed by atoms with van der Waals surface area (Å²) >= 11 is 1.44. The summed E-state index contributed by atoms with van der Waals surface area (Å²) in [7, 11) is 0. The van der Waals surface area contributed by atoms with Gasteiger partial charge in [-0.2, -0.15) is 0 Å². The van der Waals surface area contributed by atoms with Crippen LogP contribution in [0, 0.1) is 13.8 Å². The van der Waals surface area contributed by atoms with E-state index in [0.29, 0.717) is 11.4 Å². The minimum atomic E-state index is -0.0697. The van der Waals surface area contributed by atoms with Crippen molar-refractivity contribution < 1.29 is 4.79 Å². The summed E-state index contributed by atoms with van der Waals surface area (Å²) in [6, 6.07) is 3.78. The summed E-state index contributed by atoms with van der Waals surface area (Å²) in [6.07, 6.45) is 4.23. The molecule has 118 valence electrons. The number of hydrogen-bond acceptors (Lipinski definition) is 5. The van der Waals surface area contributed by atoms with Gasteiger partial charge in [0, 0.05) is 36.4 Å². The normalized spacial score (nSPS) is 10.9. The van der Waals surface area contributed by atoms with Crippen LogP contribution in [0.25, 0.3) is 10.2 Å². The predicted molar refractivity (Wildman–Crippen MR) is 91.7 cm³/mol. The SMILES string of the molecule is CCc1nc(C)c2c(C)c(C(=O)NCc3ccncc3)sc2n1. The van der Waals surface area contributed by atoms with Crippen LogP contribution in [0.3, 0.4) is 0 Å². The molecular formula is C17H18N4OS. The largest absolute Gasteiger partial charge is 0.347 e. The van der Waals surface area contributed by atoms with Gasteiger partial charge in [0.1, 0.15) is 10.7 Å². The standard InChI is InChI=1S/C17H18N4OS/c1-4-13-20-11(3)14-10(2)15(23-17(14)21-13)16(22)19-9-12-5-7-18-8-6-12/h5-8H,4,9H2,1-3H3,(H,19,22). The van der Waals surface area contributed by atoms with Gasteiger partial charge in [0.05, 0.1) is 4.88 Å². The van der Waals surface area contributed by atoms with Gasteiger partial charge in [0.15, 0.2) is 0 Å². The van der Waals surface area contributed by atoms with E-state index >= 15 is 0 Å². The van der Waals surface area contributed by atoms with E-state index in [9.17, 15) is 4.79 Å². The zero-order valence-electron chi connectivity index (χ0n) is 13.4. The van der Waals surface area contributed by atoms with Gasteiger partial charge < -0.3 is 5.32 Å². The quantitative estimate of drug-likeness (QED) is 0.799. The van der Waals surface area contributed by atoms with Crippen LogP contribution in [0.15, 0.2) is 24.5 Å². The van der Waals surface area contributed by atoms with Gasteiger partial charge in [-0.05, 0) is 37.1 Å². The van der Waals surface area contributed by atoms with Crippen molar-refractivity contribution in [3.8, 4) is 0 Å². The lowest BCUT2D eigenvalue weighted by Crippen LogP contribution is -2.22. The molecule has 0 spiro atoms.